The van der Waals surface area contributed by atoms with E-state index in [1.165, 1.54) is 0 Å². The number of carbonyl (C=O) groups excluding carboxylic acids is 4. The molecule has 3 aromatic rings. The highest BCUT2D eigenvalue weighted by Gasteiger charge is 2.33. The van der Waals surface area contributed by atoms with Crippen molar-refractivity contribution in [1.82, 2.24) is 20.9 Å². The van der Waals surface area contributed by atoms with Gasteiger partial charge in [-0.15, -0.1) is 0 Å². The Morgan fingerprint density at radius 3 is 2.10 bits per heavy atom. The van der Waals surface area contributed by atoms with Gasteiger partial charge in [0.15, 0.2) is 0 Å². The molecule has 4 amide bonds. The smallest absolute Gasteiger partial charge is 0.326 e. The van der Waals surface area contributed by atoms with Crippen LogP contribution in [-0.4, -0.2) is 63.9 Å². The lowest BCUT2D eigenvalue weighted by atomic mass is 10.00. The molecule has 0 aliphatic rings. The average molecular weight is 565 g/mol. The van der Waals surface area contributed by atoms with E-state index in [0.29, 0.717) is 5.56 Å². The summed E-state index contributed by atoms with van der Waals surface area (Å²) in [6.07, 6.45) is 1.36. The molecule has 4 unspecified atom stereocenters. The number of carbonyl (C=O) groups is 5. The summed E-state index contributed by atoms with van der Waals surface area (Å²) in [6, 6.07) is 11.6. The summed E-state index contributed by atoms with van der Waals surface area (Å²) >= 11 is 0. The number of carboxylic acids is 1. The number of hydrogen-bond donors (Lipinski definition) is 7. The van der Waals surface area contributed by atoms with Crippen molar-refractivity contribution in [1.29, 1.82) is 0 Å². The number of hydrogen-bond acceptors (Lipinski definition) is 6. The van der Waals surface area contributed by atoms with Gasteiger partial charge in [0.25, 0.3) is 0 Å². The third kappa shape index (κ3) is 8.64. The van der Waals surface area contributed by atoms with Gasteiger partial charge in [0, 0.05) is 23.5 Å². The number of primary amides is 1. The molecule has 1 aromatic heterocycles. The van der Waals surface area contributed by atoms with Crippen molar-refractivity contribution in [2.75, 3.05) is 0 Å². The van der Waals surface area contributed by atoms with Crippen LogP contribution in [0.2, 0.25) is 0 Å². The lowest BCUT2D eigenvalue weighted by molar-refractivity contribution is -0.142. The van der Waals surface area contributed by atoms with E-state index in [2.05, 4.69) is 20.9 Å². The third-order valence-corrected chi connectivity index (χ3v) is 6.63. The molecular formula is C29H36N6O6. The Morgan fingerprint density at radius 1 is 0.829 bits per heavy atom. The number of aliphatic carboxylic acids is 1. The third-order valence-electron chi connectivity index (χ3n) is 6.63. The second kappa shape index (κ2) is 14.1. The molecule has 12 nitrogen and oxygen atoms in total. The van der Waals surface area contributed by atoms with Crippen molar-refractivity contribution in [2.45, 2.75) is 57.3 Å². The van der Waals surface area contributed by atoms with Gasteiger partial charge in [0.05, 0.1) is 12.5 Å². The van der Waals surface area contributed by atoms with Crippen LogP contribution >= 0.6 is 0 Å². The molecular weight excluding hydrogens is 528 g/mol. The van der Waals surface area contributed by atoms with E-state index in [1.54, 1.807) is 44.3 Å². The minimum atomic E-state index is -1.39. The SMILES string of the molecule is CC(C)C(NC(=O)C(CC(N)=O)NC(=O)C(N)Cc1ccccc1)C(=O)NC(Cc1c[nH]c2ccccc12)C(=O)O. The molecule has 9 N–H and O–H groups in total. The summed E-state index contributed by atoms with van der Waals surface area (Å²) in [5.41, 5.74) is 13.7. The Labute approximate surface area is 237 Å². The monoisotopic (exact) mass is 564 g/mol. The van der Waals surface area contributed by atoms with Crippen LogP contribution < -0.4 is 27.4 Å². The number of amides is 4. The Bertz CT molecular complexity index is 1390. The summed E-state index contributed by atoms with van der Waals surface area (Å²) in [4.78, 5) is 65.9. The van der Waals surface area contributed by atoms with E-state index in [4.69, 9.17) is 11.5 Å². The average Bonchev–Trinajstić information content (AvgIpc) is 3.33. The van der Waals surface area contributed by atoms with Gasteiger partial charge in [-0.1, -0.05) is 62.4 Å². The first-order chi connectivity index (χ1) is 19.5. The topological polar surface area (TPSA) is 209 Å². The molecule has 4 atom stereocenters. The van der Waals surface area contributed by atoms with Crippen LogP contribution in [0.4, 0.5) is 0 Å². The van der Waals surface area contributed by atoms with Gasteiger partial charge in [-0.05, 0) is 29.5 Å². The Hall–Kier alpha value is -4.71. The molecule has 0 saturated carbocycles. The zero-order valence-corrected chi connectivity index (χ0v) is 22.9. The molecule has 3 rings (SSSR count). The molecule has 12 heteroatoms. The van der Waals surface area contributed by atoms with Crippen LogP contribution in [0.5, 0.6) is 0 Å². The molecule has 41 heavy (non-hydrogen) atoms. The normalized spacial score (nSPS) is 14.0. The first kappa shape index (κ1) is 30.8. The number of benzene rings is 2. The maximum Gasteiger partial charge on any atom is 0.326 e. The van der Waals surface area contributed by atoms with E-state index < -0.39 is 66.1 Å². The van der Waals surface area contributed by atoms with E-state index in [0.717, 1.165) is 16.5 Å². The molecule has 0 aliphatic heterocycles. The van der Waals surface area contributed by atoms with E-state index in [-0.39, 0.29) is 12.8 Å². The number of rotatable bonds is 14. The fraction of sp³-hybridized carbons (Fsp3) is 0.345. The van der Waals surface area contributed by atoms with Gasteiger partial charge in [-0.2, -0.15) is 0 Å². The zero-order valence-electron chi connectivity index (χ0n) is 22.9. The largest absolute Gasteiger partial charge is 0.480 e. The summed E-state index contributed by atoms with van der Waals surface area (Å²) < 4.78 is 0. The van der Waals surface area contributed by atoms with Crippen molar-refractivity contribution in [2.24, 2.45) is 17.4 Å². The lowest BCUT2D eigenvalue weighted by Crippen LogP contribution is -2.59. The number of fused-ring (bicyclic) bond motifs is 1. The van der Waals surface area contributed by atoms with Crippen molar-refractivity contribution >= 4 is 40.5 Å². The Kier molecular flexibility index (Phi) is 10.6. The minimum absolute atomic E-state index is 0.00348. The van der Waals surface area contributed by atoms with Gasteiger partial charge < -0.3 is 37.5 Å². The first-order valence-corrected chi connectivity index (χ1v) is 13.2. The zero-order chi connectivity index (χ0) is 30.1. The van der Waals surface area contributed by atoms with Crippen LogP contribution in [0.1, 0.15) is 31.4 Å². The molecule has 0 saturated heterocycles. The molecule has 2 aromatic carbocycles. The molecule has 0 spiro atoms. The quantitative estimate of drug-likeness (QED) is 0.146. The Balaban J connectivity index is 1.69. The number of nitrogens with two attached hydrogens (primary N) is 2. The summed E-state index contributed by atoms with van der Waals surface area (Å²) in [7, 11) is 0. The standard InChI is InChI=1S/C29H36N6O6/c1-16(2)25(28(39)34-23(29(40)41)13-18-15-32-21-11-7-6-10-19(18)21)35-27(38)22(14-24(31)36)33-26(37)20(30)12-17-8-4-3-5-9-17/h3-11,15-16,20,22-23,25,32H,12-14,30H2,1-2H3,(H2,31,36)(H,33,37)(H,34,39)(H,35,38)(H,40,41). The maximum absolute atomic E-state index is 13.2. The summed E-state index contributed by atoms with van der Waals surface area (Å²) in [6.45, 7) is 3.33. The number of para-hydroxylation sites is 1. The van der Waals surface area contributed by atoms with E-state index in [1.807, 2.05) is 30.3 Å². The summed E-state index contributed by atoms with van der Waals surface area (Å²) in [5, 5.41) is 18.1. The van der Waals surface area contributed by atoms with Crippen LogP contribution in [0.15, 0.2) is 60.8 Å². The molecule has 0 fully saturated rings. The second-order valence-corrected chi connectivity index (χ2v) is 10.2. The number of aromatic nitrogens is 1. The molecule has 218 valence electrons. The van der Waals surface area contributed by atoms with Crippen molar-refractivity contribution in [3.05, 3.63) is 71.9 Å². The second-order valence-electron chi connectivity index (χ2n) is 10.2. The molecule has 0 bridgehead atoms. The number of carboxylic acid groups (broad SMARTS) is 1. The number of H-pyrrole nitrogens is 1. The van der Waals surface area contributed by atoms with Gasteiger partial charge in [0.1, 0.15) is 18.1 Å². The van der Waals surface area contributed by atoms with Gasteiger partial charge in [-0.3, -0.25) is 19.2 Å². The van der Waals surface area contributed by atoms with E-state index in [9.17, 15) is 29.1 Å². The Morgan fingerprint density at radius 2 is 1.46 bits per heavy atom. The first-order valence-electron chi connectivity index (χ1n) is 13.2. The number of nitrogens with one attached hydrogen (secondary N) is 4. The fourth-order valence-corrected chi connectivity index (χ4v) is 4.42. The predicted molar refractivity (Wildman–Crippen MR) is 152 cm³/mol. The molecule has 0 radical (unpaired) electrons. The van der Waals surface area contributed by atoms with Crippen molar-refractivity contribution < 1.29 is 29.1 Å². The number of aromatic amines is 1. The van der Waals surface area contributed by atoms with Crippen LogP contribution in [-0.2, 0) is 36.8 Å². The minimum Gasteiger partial charge on any atom is -0.480 e. The van der Waals surface area contributed by atoms with Gasteiger partial charge >= 0.3 is 5.97 Å². The highest BCUT2D eigenvalue weighted by atomic mass is 16.4. The highest BCUT2D eigenvalue weighted by Crippen LogP contribution is 2.19. The van der Waals surface area contributed by atoms with Gasteiger partial charge in [0.2, 0.25) is 23.6 Å². The van der Waals surface area contributed by atoms with Crippen LogP contribution in [0.3, 0.4) is 0 Å². The van der Waals surface area contributed by atoms with Crippen LogP contribution in [0, 0.1) is 5.92 Å². The van der Waals surface area contributed by atoms with Crippen LogP contribution in [0.25, 0.3) is 10.9 Å². The predicted octanol–water partition coefficient (Wildman–Crippen LogP) is 0.351. The fourth-order valence-electron chi connectivity index (χ4n) is 4.42. The van der Waals surface area contributed by atoms with Crippen molar-refractivity contribution in [3.8, 4) is 0 Å². The highest BCUT2D eigenvalue weighted by molar-refractivity contribution is 5.96. The van der Waals surface area contributed by atoms with Crippen molar-refractivity contribution in [3.63, 3.8) is 0 Å². The molecule has 1 heterocycles. The lowest BCUT2D eigenvalue weighted by Gasteiger charge is -2.26. The molecule has 0 aliphatic carbocycles. The summed E-state index contributed by atoms with van der Waals surface area (Å²) in [5.74, 6) is -4.80. The van der Waals surface area contributed by atoms with Gasteiger partial charge in [-0.25, -0.2) is 4.79 Å². The van der Waals surface area contributed by atoms with E-state index >= 15 is 0 Å². The maximum atomic E-state index is 13.2.